The Morgan fingerprint density at radius 3 is 2.22 bits per heavy atom. The molecule has 13 heteroatoms. The van der Waals surface area contributed by atoms with Crippen LogP contribution in [0.15, 0.2) is 11.1 Å². The Morgan fingerprint density at radius 1 is 1.00 bits per heavy atom. The fourth-order valence-corrected chi connectivity index (χ4v) is 3.50. The molecule has 36 heavy (non-hydrogen) atoms. The van der Waals surface area contributed by atoms with Crippen LogP contribution in [0.2, 0.25) is 0 Å². The third kappa shape index (κ3) is 9.91. The highest BCUT2D eigenvalue weighted by atomic mass is 16.7. The average molecular weight is 519 g/mol. The van der Waals surface area contributed by atoms with E-state index in [0.29, 0.717) is 0 Å². The quantitative estimate of drug-likeness (QED) is 0.109. The summed E-state index contributed by atoms with van der Waals surface area (Å²) in [5.74, 6) is -2.72. The number of carbonyl (C=O) groups excluding carboxylic acids is 3. The van der Waals surface area contributed by atoms with Crippen molar-refractivity contribution < 1.29 is 53.8 Å². The molecule has 0 aliphatic carbocycles. The molecular weight excluding hydrogens is 480 g/mol. The van der Waals surface area contributed by atoms with Gasteiger partial charge in [0.05, 0.1) is 26.4 Å². The molecule has 1 aliphatic rings. The Labute approximate surface area is 209 Å². The maximum atomic E-state index is 12.3. The van der Waals surface area contributed by atoms with Crippen LogP contribution in [0, 0.1) is 5.92 Å². The number of carbonyl (C=O) groups is 4. The number of ether oxygens (including phenoxy) is 3. The van der Waals surface area contributed by atoms with Gasteiger partial charge < -0.3 is 45.3 Å². The first kappa shape index (κ1) is 31.6. The molecule has 1 fully saturated rings. The summed E-state index contributed by atoms with van der Waals surface area (Å²) in [6.07, 6.45) is -5.07. The van der Waals surface area contributed by atoms with Crippen LogP contribution in [0.1, 0.15) is 40.5 Å². The summed E-state index contributed by atoms with van der Waals surface area (Å²) >= 11 is 0. The second kappa shape index (κ2) is 15.6. The lowest BCUT2D eigenvalue weighted by Gasteiger charge is -2.42. The van der Waals surface area contributed by atoms with Gasteiger partial charge in [0.2, 0.25) is 11.8 Å². The Balaban J connectivity index is 2.40. The molecule has 0 radical (unpaired) electrons. The number of aliphatic hydroxyl groups excluding tert-OH is 3. The van der Waals surface area contributed by atoms with E-state index in [2.05, 4.69) is 10.6 Å². The Bertz CT molecular complexity index is 799. The van der Waals surface area contributed by atoms with E-state index in [1.54, 1.807) is 13.8 Å². The van der Waals surface area contributed by atoms with Crippen molar-refractivity contribution in [2.24, 2.45) is 5.92 Å². The predicted octanol–water partition coefficient (Wildman–Crippen LogP) is -1.51. The van der Waals surface area contributed by atoms with Crippen LogP contribution >= 0.6 is 0 Å². The molecule has 206 valence electrons. The SMILES string of the molecule is CC(=O)N[C@@H]1[C@@H](OCCOCCNC(=O)CC/C(C(=O)C(C)C)=C(\C)C(=O)O)O[C@@H](CO)[C@@H](O)[C@H]1O. The van der Waals surface area contributed by atoms with Crippen LogP contribution < -0.4 is 10.6 Å². The smallest absolute Gasteiger partial charge is 0.331 e. The number of hydrogen-bond donors (Lipinski definition) is 6. The number of ketones is 1. The van der Waals surface area contributed by atoms with E-state index < -0.39 is 49.1 Å². The van der Waals surface area contributed by atoms with Crippen molar-refractivity contribution in [2.45, 2.75) is 71.2 Å². The second-order valence-corrected chi connectivity index (χ2v) is 8.69. The minimum atomic E-state index is -1.41. The van der Waals surface area contributed by atoms with Crippen molar-refractivity contribution >= 4 is 23.6 Å². The number of aliphatic carboxylic acids is 1. The van der Waals surface area contributed by atoms with Crippen LogP contribution in [0.4, 0.5) is 0 Å². The Kier molecular flexibility index (Phi) is 13.7. The van der Waals surface area contributed by atoms with Crippen LogP contribution in [0.3, 0.4) is 0 Å². The molecule has 0 aromatic rings. The molecule has 13 nitrogen and oxygen atoms in total. The third-order valence-corrected chi connectivity index (χ3v) is 5.53. The summed E-state index contributed by atoms with van der Waals surface area (Å²) < 4.78 is 16.3. The zero-order chi connectivity index (χ0) is 27.4. The van der Waals surface area contributed by atoms with Crippen LogP contribution in [-0.4, -0.2) is 108 Å². The van der Waals surface area contributed by atoms with E-state index in [1.165, 1.54) is 13.8 Å². The van der Waals surface area contributed by atoms with E-state index in [4.69, 9.17) is 14.2 Å². The van der Waals surface area contributed by atoms with Gasteiger partial charge in [-0.2, -0.15) is 0 Å². The summed E-state index contributed by atoms with van der Waals surface area (Å²) in [4.78, 5) is 47.0. The molecule has 1 saturated heterocycles. The molecule has 5 atom stereocenters. The van der Waals surface area contributed by atoms with Gasteiger partial charge in [-0.15, -0.1) is 0 Å². The number of nitrogens with one attached hydrogen (secondary N) is 2. The highest BCUT2D eigenvalue weighted by molar-refractivity contribution is 6.04. The van der Waals surface area contributed by atoms with Gasteiger partial charge in [-0.3, -0.25) is 14.4 Å². The predicted molar refractivity (Wildman–Crippen MR) is 125 cm³/mol. The topological polar surface area (TPSA) is 201 Å². The summed E-state index contributed by atoms with van der Waals surface area (Å²) in [5.41, 5.74) is 0.0597. The van der Waals surface area contributed by atoms with Crippen molar-refractivity contribution in [1.82, 2.24) is 10.6 Å². The average Bonchev–Trinajstić information content (AvgIpc) is 2.81. The van der Waals surface area contributed by atoms with E-state index in [-0.39, 0.29) is 68.0 Å². The number of carboxylic acid groups (broad SMARTS) is 1. The first-order valence-corrected chi connectivity index (χ1v) is 11.7. The lowest BCUT2D eigenvalue weighted by atomic mass is 9.93. The first-order valence-electron chi connectivity index (χ1n) is 11.7. The Morgan fingerprint density at radius 2 is 1.67 bits per heavy atom. The van der Waals surface area contributed by atoms with Crippen molar-refractivity contribution in [3.05, 3.63) is 11.1 Å². The minimum Gasteiger partial charge on any atom is -0.478 e. The minimum absolute atomic E-state index is 0.00437. The number of Topliss-reactive ketones (excluding diaryl/α,β-unsaturated/α-hetero) is 1. The molecule has 0 saturated carbocycles. The van der Waals surface area contributed by atoms with Crippen LogP contribution in [0.25, 0.3) is 0 Å². The van der Waals surface area contributed by atoms with Gasteiger partial charge in [-0.05, 0) is 13.3 Å². The van der Waals surface area contributed by atoms with Crippen molar-refractivity contribution in [2.75, 3.05) is 33.0 Å². The fraction of sp³-hybridized carbons (Fsp3) is 0.739. The number of amides is 2. The van der Waals surface area contributed by atoms with Gasteiger partial charge in [0, 0.05) is 37.0 Å². The van der Waals surface area contributed by atoms with Gasteiger partial charge in [-0.25, -0.2) is 4.79 Å². The van der Waals surface area contributed by atoms with E-state index in [1.807, 2.05) is 0 Å². The number of aliphatic hydroxyl groups is 3. The molecule has 1 rings (SSSR count). The lowest BCUT2D eigenvalue weighted by molar-refractivity contribution is -0.272. The summed E-state index contributed by atoms with van der Waals surface area (Å²) in [6, 6.07) is -1.05. The molecule has 0 bridgehead atoms. The maximum absolute atomic E-state index is 12.3. The largest absolute Gasteiger partial charge is 0.478 e. The van der Waals surface area contributed by atoms with E-state index in [0.717, 1.165) is 0 Å². The van der Waals surface area contributed by atoms with Crippen molar-refractivity contribution in [3.63, 3.8) is 0 Å². The number of carboxylic acids is 1. The van der Waals surface area contributed by atoms with Crippen molar-refractivity contribution in [1.29, 1.82) is 0 Å². The lowest BCUT2D eigenvalue weighted by Crippen LogP contribution is -2.64. The van der Waals surface area contributed by atoms with E-state index >= 15 is 0 Å². The van der Waals surface area contributed by atoms with Gasteiger partial charge in [0.15, 0.2) is 12.1 Å². The van der Waals surface area contributed by atoms with E-state index in [9.17, 15) is 39.6 Å². The zero-order valence-corrected chi connectivity index (χ0v) is 21.1. The highest BCUT2D eigenvalue weighted by Gasteiger charge is 2.45. The Hall–Kier alpha value is -2.42. The molecule has 1 heterocycles. The molecule has 0 aromatic carbocycles. The summed E-state index contributed by atoms with van der Waals surface area (Å²) in [7, 11) is 0. The molecule has 1 aliphatic heterocycles. The van der Waals surface area contributed by atoms with Gasteiger partial charge in [0.1, 0.15) is 24.4 Å². The molecule has 6 N–H and O–H groups in total. The fourth-order valence-electron chi connectivity index (χ4n) is 3.50. The van der Waals surface area contributed by atoms with Crippen molar-refractivity contribution in [3.8, 4) is 0 Å². The number of hydrogen-bond acceptors (Lipinski definition) is 10. The van der Waals surface area contributed by atoms with Crippen LogP contribution in [0.5, 0.6) is 0 Å². The standard InChI is InChI=1S/C23H38N2O11/c1-12(2)19(29)15(13(3)22(32)33)5-6-17(28)24-7-8-34-9-10-35-23-18(25-14(4)27)21(31)20(30)16(11-26)36-23/h12,16,18,20-21,23,26,30-31H,5-11H2,1-4H3,(H,24,28)(H,25,27)(H,32,33)/b15-13-/t16-,18-,20+,21-,23-/m0/s1. The summed E-state index contributed by atoms with van der Waals surface area (Å²) in [5, 5.41) is 43.8. The third-order valence-electron chi connectivity index (χ3n) is 5.53. The second-order valence-electron chi connectivity index (χ2n) is 8.69. The number of allylic oxidation sites excluding steroid dienone is 1. The normalized spacial score (nSPS) is 24.7. The zero-order valence-electron chi connectivity index (χ0n) is 21.1. The molecule has 0 spiro atoms. The van der Waals surface area contributed by atoms with Gasteiger partial charge >= 0.3 is 5.97 Å². The molecule has 0 aromatic heterocycles. The van der Waals surface area contributed by atoms with Gasteiger partial charge in [-0.1, -0.05) is 13.8 Å². The molecule has 2 amide bonds. The van der Waals surface area contributed by atoms with Crippen LogP contribution in [-0.2, 0) is 33.4 Å². The molecular formula is C23H38N2O11. The monoisotopic (exact) mass is 518 g/mol. The maximum Gasteiger partial charge on any atom is 0.331 e. The molecule has 0 unspecified atom stereocenters. The summed E-state index contributed by atoms with van der Waals surface area (Å²) in [6.45, 7) is 5.73. The highest BCUT2D eigenvalue weighted by Crippen LogP contribution is 2.22. The van der Waals surface area contributed by atoms with Gasteiger partial charge in [0.25, 0.3) is 0 Å². The first-order chi connectivity index (χ1) is 16.9. The number of rotatable bonds is 15.